The first-order valence-electron chi connectivity index (χ1n) is 6.40. The Hall–Kier alpha value is -1.66. The minimum Gasteiger partial charge on any atom is -0.438 e. The van der Waals surface area contributed by atoms with Crippen molar-refractivity contribution in [2.75, 3.05) is 5.43 Å². The summed E-state index contributed by atoms with van der Waals surface area (Å²) in [6, 6.07) is 5.88. The second-order valence-electron chi connectivity index (χ2n) is 4.41. The molecule has 3 N–H and O–H groups in total. The van der Waals surface area contributed by atoms with Gasteiger partial charge >= 0.3 is 0 Å². The van der Waals surface area contributed by atoms with Gasteiger partial charge in [0.25, 0.3) is 0 Å². The van der Waals surface area contributed by atoms with Crippen LogP contribution in [0.4, 0.5) is 5.82 Å². The van der Waals surface area contributed by atoms with Gasteiger partial charge in [0.2, 0.25) is 5.88 Å². The highest BCUT2D eigenvalue weighted by Gasteiger charge is 2.13. The van der Waals surface area contributed by atoms with Gasteiger partial charge in [-0.05, 0) is 31.0 Å². The second-order valence-corrected chi connectivity index (χ2v) is 5.33. The fourth-order valence-electron chi connectivity index (χ4n) is 1.87. The predicted octanol–water partition coefficient (Wildman–Crippen LogP) is 3.58. The maximum atomic E-state index is 5.94. The number of nitrogens with two attached hydrogens (primary N) is 1. The Labute approximate surface area is 126 Å². The van der Waals surface area contributed by atoms with Crippen molar-refractivity contribution in [3.8, 4) is 11.6 Å². The van der Waals surface area contributed by atoms with Gasteiger partial charge in [0.15, 0.2) is 0 Å². The molecule has 2 aromatic rings. The van der Waals surface area contributed by atoms with Gasteiger partial charge in [-0.3, -0.25) is 0 Å². The molecule has 106 valence electrons. The number of rotatable bonds is 5. The zero-order chi connectivity index (χ0) is 14.5. The van der Waals surface area contributed by atoms with Crippen molar-refractivity contribution in [3.63, 3.8) is 0 Å². The maximum Gasteiger partial charge on any atom is 0.227 e. The summed E-state index contributed by atoms with van der Waals surface area (Å²) < 4.78 is 6.90. The summed E-state index contributed by atoms with van der Waals surface area (Å²) in [7, 11) is 0. The Morgan fingerprint density at radius 3 is 2.85 bits per heavy atom. The molecule has 0 spiro atoms. The van der Waals surface area contributed by atoms with Crippen molar-refractivity contribution in [2.24, 2.45) is 5.84 Å². The molecule has 0 radical (unpaired) electrons. The van der Waals surface area contributed by atoms with E-state index in [-0.39, 0.29) is 0 Å². The van der Waals surface area contributed by atoms with Crippen LogP contribution in [-0.2, 0) is 6.42 Å². The van der Waals surface area contributed by atoms with Gasteiger partial charge in [-0.25, -0.2) is 15.8 Å². The first-order valence-corrected chi connectivity index (χ1v) is 7.19. The Bertz CT molecular complexity index is 604. The van der Waals surface area contributed by atoms with Gasteiger partial charge in [-0.15, -0.1) is 0 Å². The highest BCUT2D eigenvalue weighted by atomic mass is 79.9. The molecule has 1 aromatic heterocycles. The fourth-order valence-corrected chi connectivity index (χ4v) is 2.21. The van der Waals surface area contributed by atoms with Crippen LogP contribution in [0.2, 0.25) is 0 Å². The summed E-state index contributed by atoms with van der Waals surface area (Å²) in [5, 5.41) is 0. The van der Waals surface area contributed by atoms with Gasteiger partial charge < -0.3 is 10.2 Å². The van der Waals surface area contributed by atoms with Crippen LogP contribution in [-0.4, -0.2) is 9.97 Å². The standard InChI is InChI=1S/C14H17BrN4O/c1-3-4-11-13(19-16)17-8-18-14(11)20-12-7-10(15)6-5-9(12)2/h5-8H,3-4,16H2,1-2H3,(H,17,18,19). The SMILES string of the molecule is CCCc1c(NN)ncnc1Oc1cc(Br)ccc1C. The first kappa shape index (κ1) is 14.7. The van der Waals surface area contributed by atoms with E-state index in [1.54, 1.807) is 0 Å². The Balaban J connectivity index is 2.39. The molecule has 0 aliphatic rings. The molecule has 6 heteroatoms. The van der Waals surface area contributed by atoms with Crippen LogP contribution in [0, 0.1) is 6.92 Å². The molecule has 2 rings (SSSR count). The lowest BCUT2D eigenvalue weighted by Crippen LogP contribution is -2.12. The molecule has 0 aliphatic carbocycles. The van der Waals surface area contributed by atoms with Crippen molar-refractivity contribution >= 4 is 21.7 Å². The van der Waals surface area contributed by atoms with Gasteiger partial charge in [-0.2, -0.15) is 0 Å². The van der Waals surface area contributed by atoms with Gasteiger partial charge in [0, 0.05) is 4.47 Å². The van der Waals surface area contributed by atoms with Crippen LogP contribution >= 0.6 is 15.9 Å². The van der Waals surface area contributed by atoms with Crippen LogP contribution in [0.5, 0.6) is 11.6 Å². The summed E-state index contributed by atoms with van der Waals surface area (Å²) in [5.74, 6) is 7.40. The summed E-state index contributed by atoms with van der Waals surface area (Å²) in [6.07, 6.45) is 3.19. The van der Waals surface area contributed by atoms with E-state index < -0.39 is 0 Å². The number of anilines is 1. The van der Waals surface area contributed by atoms with E-state index in [9.17, 15) is 0 Å². The summed E-state index contributed by atoms with van der Waals surface area (Å²) >= 11 is 3.44. The Morgan fingerprint density at radius 2 is 2.15 bits per heavy atom. The fraction of sp³-hybridized carbons (Fsp3) is 0.286. The average molecular weight is 337 g/mol. The number of nitrogen functional groups attached to an aromatic ring is 1. The monoisotopic (exact) mass is 336 g/mol. The van der Waals surface area contributed by atoms with Crippen molar-refractivity contribution in [2.45, 2.75) is 26.7 Å². The normalized spacial score (nSPS) is 10.4. The third-order valence-electron chi connectivity index (χ3n) is 2.90. The number of benzene rings is 1. The largest absolute Gasteiger partial charge is 0.438 e. The quantitative estimate of drug-likeness (QED) is 0.644. The zero-order valence-corrected chi connectivity index (χ0v) is 13.1. The maximum absolute atomic E-state index is 5.94. The first-order chi connectivity index (χ1) is 9.65. The minimum atomic E-state index is 0.538. The van der Waals surface area contributed by atoms with E-state index in [2.05, 4.69) is 38.2 Å². The molecule has 0 amide bonds. The molecule has 0 bridgehead atoms. The van der Waals surface area contributed by atoms with Crippen LogP contribution in [0.3, 0.4) is 0 Å². The van der Waals surface area contributed by atoms with Crippen LogP contribution < -0.4 is 16.0 Å². The topological polar surface area (TPSA) is 73.1 Å². The number of ether oxygens (including phenoxy) is 1. The van der Waals surface area contributed by atoms with Gasteiger partial charge in [0.05, 0.1) is 5.56 Å². The number of hydrazine groups is 1. The molecule has 0 fully saturated rings. The van der Waals surface area contributed by atoms with E-state index in [0.29, 0.717) is 11.7 Å². The number of aryl methyl sites for hydroxylation is 1. The molecule has 1 aromatic carbocycles. The third-order valence-corrected chi connectivity index (χ3v) is 3.39. The number of nitrogens with zero attached hydrogens (tertiary/aromatic N) is 2. The average Bonchev–Trinajstić information content (AvgIpc) is 2.45. The number of aromatic nitrogens is 2. The van der Waals surface area contributed by atoms with Crippen LogP contribution in [0.15, 0.2) is 29.0 Å². The number of nitrogens with one attached hydrogen (secondary N) is 1. The minimum absolute atomic E-state index is 0.538. The molecular formula is C14H17BrN4O. The van der Waals surface area contributed by atoms with Gasteiger partial charge in [0.1, 0.15) is 17.9 Å². The van der Waals surface area contributed by atoms with Crippen molar-refractivity contribution in [3.05, 3.63) is 40.1 Å². The second kappa shape index (κ2) is 6.67. The molecule has 0 atom stereocenters. The van der Waals surface area contributed by atoms with E-state index in [1.165, 1.54) is 6.33 Å². The molecule has 0 saturated carbocycles. The predicted molar refractivity (Wildman–Crippen MR) is 82.8 cm³/mol. The molecule has 20 heavy (non-hydrogen) atoms. The lowest BCUT2D eigenvalue weighted by Gasteiger charge is -2.14. The third kappa shape index (κ3) is 3.26. The number of hydrogen-bond acceptors (Lipinski definition) is 5. The highest BCUT2D eigenvalue weighted by molar-refractivity contribution is 9.10. The van der Waals surface area contributed by atoms with Crippen molar-refractivity contribution < 1.29 is 4.74 Å². The highest BCUT2D eigenvalue weighted by Crippen LogP contribution is 2.31. The lowest BCUT2D eigenvalue weighted by molar-refractivity contribution is 0.451. The molecule has 5 nitrogen and oxygen atoms in total. The van der Waals surface area contributed by atoms with Gasteiger partial charge in [-0.1, -0.05) is 35.3 Å². The Kier molecular flexibility index (Phi) is 4.92. The smallest absolute Gasteiger partial charge is 0.227 e. The van der Waals surface area contributed by atoms with Crippen molar-refractivity contribution in [1.29, 1.82) is 0 Å². The zero-order valence-electron chi connectivity index (χ0n) is 11.5. The molecule has 1 heterocycles. The summed E-state index contributed by atoms with van der Waals surface area (Å²) in [4.78, 5) is 8.35. The summed E-state index contributed by atoms with van der Waals surface area (Å²) in [6.45, 7) is 4.08. The van der Waals surface area contributed by atoms with Crippen molar-refractivity contribution in [1.82, 2.24) is 9.97 Å². The Morgan fingerprint density at radius 1 is 1.35 bits per heavy atom. The molecule has 0 aliphatic heterocycles. The molecule has 0 saturated heterocycles. The van der Waals surface area contributed by atoms with Crippen LogP contribution in [0.1, 0.15) is 24.5 Å². The number of hydrogen-bond donors (Lipinski definition) is 2. The number of halogens is 1. The lowest BCUT2D eigenvalue weighted by atomic mass is 10.1. The van der Waals surface area contributed by atoms with E-state index in [0.717, 1.165) is 34.2 Å². The van der Waals surface area contributed by atoms with E-state index in [4.69, 9.17) is 10.6 Å². The van der Waals surface area contributed by atoms with E-state index in [1.807, 2.05) is 25.1 Å². The molecule has 0 unspecified atom stereocenters. The molecular weight excluding hydrogens is 320 g/mol. The van der Waals surface area contributed by atoms with Crippen LogP contribution in [0.25, 0.3) is 0 Å². The summed E-state index contributed by atoms with van der Waals surface area (Å²) in [5.41, 5.74) is 4.52. The van der Waals surface area contributed by atoms with E-state index >= 15 is 0 Å².